The van der Waals surface area contributed by atoms with E-state index in [-0.39, 0.29) is 11.3 Å². The zero-order valence-electron chi connectivity index (χ0n) is 14.0. The first-order valence-corrected chi connectivity index (χ1v) is 9.52. The van der Waals surface area contributed by atoms with Crippen molar-refractivity contribution in [3.05, 3.63) is 0 Å². The lowest BCUT2D eigenvalue weighted by atomic mass is 9.62. The Labute approximate surface area is 134 Å². The lowest BCUT2D eigenvalue weighted by Gasteiger charge is -2.43. The van der Waals surface area contributed by atoms with E-state index in [1.807, 2.05) is 0 Å². The van der Waals surface area contributed by atoms with Crippen LogP contribution in [0.5, 0.6) is 0 Å². The fourth-order valence-corrected chi connectivity index (χ4v) is 4.37. The maximum Gasteiger partial charge on any atom is 0.146 e. The van der Waals surface area contributed by atoms with Crippen LogP contribution in [-0.4, -0.2) is 11.1 Å². The van der Waals surface area contributed by atoms with Crippen LogP contribution in [-0.2, 0) is 4.79 Å². The number of rotatable bonds is 3. The van der Waals surface area contributed by atoms with Crippen molar-refractivity contribution in [2.75, 3.05) is 5.33 Å². The number of hydrogen-bond donors (Lipinski definition) is 0. The molecular weight excluding hydrogens is 312 g/mol. The summed E-state index contributed by atoms with van der Waals surface area (Å²) in [6, 6.07) is 0. The summed E-state index contributed by atoms with van der Waals surface area (Å²) in [5, 5.41) is 0.502. The molecule has 1 fully saturated rings. The van der Waals surface area contributed by atoms with Gasteiger partial charge < -0.3 is 0 Å². The molecule has 1 aliphatic rings. The monoisotopic (exact) mass is 344 g/mol. The highest BCUT2D eigenvalue weighted by atomic mass is 79.9. The quantitative estimate of drug-likeness (QED) is 0.586. The molecule has 1 aliphatic carbocycles. The third kappa shape index (κ3) is 4.58. The van der Waals surface area contributed by atoms with Gasteiger partial charge in [-0.15, -0.1) is 0 Å². The maximum atomic E-state index is 12.2. The minimum absolute atomic E-state index is 0.157. The van der Waals surface area contributed by atoms with E-state index in [2.05, 4.69) is 50.5 Å². The number of Topliss-reactive ketones (excluding diaryl/α,β-unsaturated/α-hetero) is 1. The van der Waals surface area contributed by atoms with Gasteiger partial charge in [0.1, 0.15) is 5.78 Å². The van der Waals surface area contributed by atoms with Crippen molar-refractivity contribution in [2.24, 2.45) is 29.1 Å². The largest absolute Gasteiger partial charge is 0.298 e. The van der Waals surface area contributed by atoms with Crippen LogP contribution in [0.4, 0.5) is 0 Å². The zero-order chi connectivity index (χ0) is 15.3. The Bertz CT molecular complexity index is 315. The maximum absolute atomic E-state index is 12.2. The first-order valence-electron chi connectivity index (χ1n) is 8.40. The van der Waals surface area contributed by atoms with E-state index in [0.29, 0.717) is 17.0 Å². The van der Waals surface area contributed by atoms with Gasteiger partial charge in [0.15, 0.2) is 0 Å². The Morgan fingerprint density at radius 1 is 1.20 bits per heavy atom. The summed E-state index contributed by atoms with van der Waals surface area (Å²) < 4.78 is 0. The van der Waals surface area contributed by atoms with Gasteiger partial charge in [-0.2, -0.15) is 0 Å². The van der Waals surface area contributed by atoms with Crippen LogP contribution < -0.4 is 0 Å². The molecule has 0 bridgehead atoms. The zero-order valence-corrected chi connectivity index (χ0v) is 15.6. The van der Waals surface area contributed by atoms with E-state index in [1.165, 1.54) is 38.5 Å². The smallest absolute Gasteiger partial charge is 0.146 e. The van der Waals surface area contributed by atoms with E-state index in [4.69, 9.17) is 0 Å². The molecule has 1 nitrogen and oxygen atoms in total. The van der Waals surface area contributed by atoms with E-state index < -0.39 is 0 Å². The first-order chi connectivity index (χ1) is 9.31. The molecule has 0 aromatic heterocycles. The molecular formula is C18H33BrO. The fourth-order valence-electron chi connectivity index (χ4n) is 3.88. The molecule has 0 heterocycles. The van der Waals surface area contributed by atoms with Crippen molar-refractivity contribution in [1.82, 2.24) is 0 Å². The summed E-state index contributed by atoms with van der Waals surface area (Å²) in [7, 11) is 0. The molecule has 0 amide bonds. The molecule has 0 aromatic carbocycles. The van der Waals surface area contributed by atoms with E-state index in [0.717, 1.165) is 11.8 Å². The lowest BCUT2D eigenvalue weighted by Crippen LogP contribution is -2.39. The van der Waals surface area contributed by atoms with Crippen LogP contribution in [0.2, 0.25) is 0 Å². The Morgan fingerprint density at radius 2 is 1.80 bits per heavy atom. The number of hydrogen-bond acceptors (Lipinski definition) is 1. The summed E-state index contributed by atoms with van der Waals surface area (Å²) in [6.45, 7) is 11.7. The van der Waals surface area contributed by atoms with Gasteiger partial charge in [0.2, 0.25) is 0 Å². The van der Waals surface area contributed by atoms with Crippen LogP contribution in [0.3, 0.4) is 0 Å². The van der Waals surface area contributed by atoms with Crippen LogP contribution >= 0.6 is 15.9 Å². The summed E-state index contributed by atoms with van der Waals surface area (Å²) in [5.74, 6) is 2.76. The molecule has 2 heteroatoms. The predicted octanol–water partition coefficient (Wildman–Crippen LogP) is 5.86. The average molecular weight is 345 g/mol. The van der Waals surface area contributed by atoms with Crippen molar-refractivity contribution < 1.29 is 4.79 Å². The molecule has 0 saturated heterocycles. The Balaban J connectivity index is 2.93. The summed E-state index contributed by atoms with van der Waals surface area (Å²) >= 11 is 3.36. The minimum atomic E-state index is 0.157. The van der Waals surface area contributed by atoms with Gasteiger partial charge in [-0.3, -0.25) is 4.79 Å². The second-order valence-electron chi connectivity index (χ2n) is 7.64. The molecule has 0 N–H and O–H groups in total. The van der Waals surface area contributed by atoms with E-state index in [9.17, 15) is 4.79 Å². The summed E-state index contributed by atoms with van der Waals surface area (Å²) in [5.41, 5.74) is 0.157. The van der Waals surface area contributed by atoms with Gasteiger partial charge >= 0.3 is 0 Å². The first kappa shape index (κ1) is 18.2. The molecule has 1 saturated carbocycles. The van der Waals surface area contributed by atoms with Crippen LogP contribution in [0.1, 0.15) is 73.1 Å². The second kappa shape index (κ2) is 7.96. The normalized spacial score (nSPS) is 38.2. The van der Waals surface area contributed by atoms with Crippen molar-refractivity contribution in [1.29, 1.82) is 0 Å². The van der Waals surface area contributed by atoms with E-state index >= 15 is 0 Å². The van der Waals surface area contributed by atoms with Gasteiger partial charge in [0.25, 0.3) is 0 Å². The van der Waals surface area contributed by atoms with Crippen LogP contribution in [0.15, 0.2) is 0 Å². The van der Waals surface area contributed by atoms with Gasteiger partial charge in [-0.25, -0.2) is 0 Å². The fraction of sp³-hybridized carbons (Fsp3) is 0.944. The number of carbonyl (C=O) groups is 1. The van der Waals surface area contributed by atoms with E-state index in [1.54, 1.807) is 0 Å². The molecule has 5 atom stereocenters. The topological polar surface area (TPSA) is 17.1 Å². The average Bonchev–Trinajstić information content (AvgIpc) is 2.42. The highest BCUT2D eigenvalue weighted by molar-refractivity contribution is 9.09. The molecule has 2 unspecified atom stereocenters. The predicted molar refractivity (Wildman–Crippen MR) is 91.3 cm³/mol. The highest BCUT2D eigenvalue weighted by Crippen LogP contribution is 2.45. The summed E-state index contributed by atoms with van der Waals surface area (Å²) in [6.07, 6.45) is 7.82. The second-order valence-corrected chi connectivity index (χ2v) is 8.20. The van der Waals surface area contributed by atoms with Gasteiger partial charge in [-0.1, -0.05) is 76.2 Å². The van der Waals surface area contributed by atoms with Gasteiger partial charge in [0, 0.05) is 5.92 Å². The van der Waals surface area contributed by atoms with Crippen molar-refractivity contribution >= 4 is 21.7 Å². The Hall–Kier alpha value is 0.150. The number of halogens is 1. The molecule has 20 heavy (non-hydrogen) atoms. The van der Waals surface area contributed by atoms with Crippen molar-refractivity contribution in [3.63, 3.8) is 0 Å². The van der Waals surface area contributed by atoms with Gasteiger partial charge in [0.05, 0.1) is 5.33 Å². The number of alkyl halides is 1. The highest BCUT2D eigenvalue weighted by Gasteiger charge is 2.40. The molecule has 0 aromatic rings. The molecule has 0 aliphatic heterocycles. The number of carbonyl (C=O) groups excluding carboxylic acids is 1. The van der Waals surface area contributed by atoms with Crippen LogP contribution in [0, 0.1) is 29.1 Å². The third-order valence-electron chi connectivity index (χ3n) is 6.06. The van der Waals surface area contributed by atoms with Crippen LogP contribution in [0.25, 0.3) is 0 Å². The SMILES string of the molecule is CC1C[C@@H](C)CCC[C@H](C)CCC1(C)[C@H](C)C(=O)CBr. The number of ketones is 1. The molecule has 0 spiro atoms. The summed E-state index contributed by atoms with van der Waals surface area (Å²) in [4.78, 5) is 12.2. The van der Waals surface area contributed by atoms with Crippen molar-refractivity contribution in [3.8, 4) is 0 Å². The third-order valence-corrected chi connectivity index (χ3v) is 6.61. The Kier molecular flexibility index (Phi) is 7.24. The molecule has 1 rings (SSSR count). The van der Waals surface area contributed by atoms with Gasteiger partial charge in [-0.05, 0) is 36.0 Å². The van der Waals surface area contributed by atoms with Crippen molar-refractivity contribution in [2.45, 2.75) is 73.1 Å². The Morgan fingerprint density at radius 3 is 2.40 bits per heavy atom. The molecule has 118 valence electrons. The standard InChI is InChI=1S/C18H33BrO/c1-13-7-6-8-14(2)11-15(3)18(5,10-9-13)16(4)17(20)12-19/h13-16H,6-12H2,1-5H3/t13-,14-,15?,16+,18?/m0/s1. The lowest BCUT2D eigenvalue weighted by molar-refractivity contribution is -0.125. The molecule has 0 radical (unpaired) electrons. The minimum Gasteiger partial charge on any atom is -0.298 e.